The highest BCUT2D eigenvalue weighted by molar-refractivity contribution is 7.99. The van der Waals surface area contributed by atoms with Crippen molar-refractivity contribution in [1.82, 2.24) is 10.2 Å². The number of benzene rings is 2. The summed E-state index contributed by atoms with van der Waals surface area (Å²) in [4.78, 5) is 27.0. The SMILES string of the molecule is CCC1(c2ccccc2)NC(=O)N(CCSc2ccccc2F)C1=O. The molecule has 0 spiro atoms. The van der Waals surface area contributed by atoms with Crippen LogP contribution >= 0.6 is 11.8 Å². The lowest BCUT2D eigenvalue weighted by molar-refractivity contribution is -0.131. The van der Waals surface area contributed by atoms with Crippen LogP contribution in [0.3, 0.4) is 0 Å². The van der Waals surface area contributed by atoms with Gasteiger partial charge in [0.1, 0.15) is 11.4 Å². The number of imide groups is 1. The first kappa shape index (κ1) is 17.5. The first-order chi connectivity index (χ1) is 12.1. The Morgan fingerprint density at radius 2 is 1.76 bits per heavy atom. The van der Waals surface area contributed by atoms with Crippen molar-refractivity contribution < 1.29 is 14.0 Å². The van der Waals surface area contributed by atoms with Crippen LogP contribution in [0.15, 0.2) is 59.5 Å². The van der Waals surface area contributed by atoms with Crippen molar-refractivity contribution in [3.8, 4) is 0 Å². The summed E-state index contributed by atoms with van der Waals surface area (Å²) in [6, 6.07) is 15.3. The summed E-state index contributed by atoms with van der Waals surface area (Å²) in [5.41, 5.74) is -0.235. The van der Waals surface area contributed by atoms with Crippen LogP contribution in [0.25, 0.3) is 0 Å². The number of hydrogen-bond acceptors (Lipinski definition) is 3. The minimum absolute atomic E-state index is 0.234. The summed E-state index contributed by atoms with van der Waals surface area (Å²) in [6.07, 6.45) is 0.471. The van der Waals surface area contributed by atoms with Gasteiger partial charge in [-0.25, -0.2) is 9.18 Å². The smallest absolute Gasteiger partial charge is 0.319 e. The van der Waals surface area contributed by atoms with Crippen molar-refractivity contribution in [2.75, 3.05) is 12.3 Å². The summed E-state index contributed by atoms with van der Waals surface area (Å²) >= 11 is 1.29. The number of carbonyl (C=O) groups excluding carboxylic acids is 2. The Balaban J connectivity index is 1.72. The van der Waals surface area contributed by atoms with Crippen molar-refractivity contribution in [3.05, 3.63) is 66.0 Å². The zero-order chi connectivity index (χ0) is 17.9. The topological polar surface area (TPSA) is 49.4 Å². The zero-order valence-corrected chi connectivity index (χ0v) is 14.7. The molecule has 0 radical (unpaired) electrons. The van der Waals surface area contributed by atoms with E-state index in [0.29, 0.717) is 17.1 Å². The third kappa shape index (κ3) is 3.26. The number of nitrogens with zero attached hydrogens (tertiary/aromatic N) is 1. The fourth-order valence-corrected chi connectivity index (χ4v) is 3.87. The maximum atomic E-state index is 13.7. The second-order valence-electron chi connectivity index (χ2n) is 5.79. The maximum Gasteiger partial charge on any atom is 0.325 e. The van der Waals surface area contributed by atoms with Crippen molar-refractivity contribution >= 4 is 23.7 Å². The van der Waals surface area contributed by atoms with Crippen LogP contribution in [0.5, 0.6) is 0 Å². The summed E-state index contributed by atoms with van der Waals surface area (Å²) < 4.78 is 13.7. The highest BCUT2D eigenvalue weighted by Gasteiger charge is 2.50. The standard InChI is InChI=1S/C19H19FN2O2S/c1-2-19(14-8-4-3-5-9-14)17(23)22(18(24)21-19)12-13-25-16-11-7-6-10-15(16)20/h3-11H,2,12-13H2,1H3,(H,21,24). The molecule has 1 N–H and O–H groups in total. The quantitative estimate of drug-likeness (QED) is 0.632. The first-order valence-corrected chi connectivity index (χ1v) is 9.14. The molecule has 1 fully saturated rings. The van der Waals surface area contributed by atoms with E-state index in [9.17, 15) is 14.0 Å². The molecule has 0 bridgehead atoms. The van der Waals surface area contributed by atoms with Crippen molar-refractivity contribution in [2.45, 2.75) is 23.8 Å². The number of rotatable bonds is 6. The van der Waals surface area contributed by atoms with Gasteiger partial charge >= 0.3 is 6.03 Å². The summed E-state index contributed by atoms with van der Waals surface area (Å²) in [7, 11) is 0. The molecule has 1 atom stereocenters. The van der Waals surface area contributed by atoms with Crippen molar-refractivity contribution in [3.63, 3.8) is 0 Å². The molecule has 0 aromatic heterocycles. The molecule has 25 heavy (non-hydrogen) atoms. The summed E-state index contributed by atoms with van der Waals surface area (Å²) in [5.74, 6) is -0.105. The Bertz CT molecular complexity index is 784. The number of thioether (sulfide) groups is 1. The molecule has 1 saturated heterocycles. The van der Waals surface area contributed by atoms with E-state index in [-0.39, 0.29) is 18.3 Å². The molecule has 0 saturated carbocycles. The lowest BCUT2D eigenvalue weighted by Gasteiger charge is -2.25. The molecule has 3 amide bonds. The van der Waals surface area contributed by atoms with Crippen LogP contribution in [0.4, 0.5) is 9.18 Å². The second kappa shape index (κ2) is 7.27. The minimum Gasteiger partial charge on any atom is -0.319 e. The summed E-state index contributed by atoms with van der Waals surface area (Å²) in [5, 5.41) is 2.85. The number of nitrogens with one attached hydrogen (secondary N) is 1. The van der Waals surface area contributed by atoms with Crippen LogP contribution in [-0.2, 0) is 10.3 Å². The third-order valence-corrected chi connectivity index (χ3v) is 5.41. The van der Waals surface area contributed by atoms with Crippen molar-refractivity contribution in [1.29, 1.82) is 0 Å². The van der Waals surface area contributed by atoms with Gasteiger partial charge in [-0.3, -0.25) is 9.69 Å². The normalized spacial score (nSPS) is 20.0. The Kier molecular flexibility index (Phi) is 5.08. The zero-order valence-electron chi connectivity index (χ0n) is 13.9. The lowest BCUT2D eigenvalue weighted by atomic mass is 9.87. The van der Waals surface area contributed by atoms with Gasteiger partial charge in [0.15, 0.2) is 0 Å². The Labute approximate surface area is 150 Å². The van der Waals surface area contributed by atoms with E-state index in [2.05, 4.69) is 5.32 Å². The highest BCUT2D eigenvalue weighted by Crippen LogP contribution is 2.32. The van der Waals surface area contributed by atoms with Crippen LogP contribution in [-0.4, -0.2) is 29.1 Å². The molecule has 130 valence electrons. The van der Waals surface area contributed by atoms with Crippen LogP contribution < -0.4 is 5.32 Å². The van der Waals surface area contributed by atoms with Crippen LogP contribution in [0.2, 0.25) is 0 Å². The van der Waals surface area contributed by atoms with E-state index in [1.807, 2.05) is 37.3 Å². The molecule has 2 aromatic rings. The van der Waals surface area contributed by atoms with Gasteiger partial charge in [-0.1, -0.05) is 49.4 Å². The molecule has 1 unspecified atom stereocenters. The molecule has 3 rings (SSSR count). The van der Waals surface area contributed by atoms with Gasteiger partial charge in [0, 0.05) is 17.2 Å². The van der Waals surface area contributed by atoms with E-state index >= 15 is 0 Å². The average Bonchev–Trinajstić information content (AvgIpc) is 2.89. The molecule has 1 aliphatic heterocycles. The fraction of sp³-hybridized carbons (Fsp3) is 0.263. The predicted molar refractivity (Wildman–Crippen MR) is 95.8 cm³/mol. The van der Waals surface area contributed by atoms with E-state index in [4.69, 9.17) is 0 Å². The monoisotopic (exact) mass is 358 g/mol. The molecule has 2 aromatic carbocycles. The minimum atomic E-state index is -1.01. The van der Waals surface area contributed by atoms with Gasteiger partial charge in [0.2, 0.25) is 0 Å². The lowest BCUT2D eigenvalue weighted by Crippen LogP contribution is -2.43. The largest absolute Gasteiger partial charge is 0.325 e. The number of carbonyl (C=O) groups is 2. The highest BCUT2D eigenvalue weighted by atomic mass is 32.2. The average molecular weight is 358 g/mol. The molecular formula is C19H19FN2O2S. The van der Waals surface area contributed by atoms with Gasteiger partial charge in [-0.15, -0.1) is 11.8 Å². The summed E-state index contributed by atoms with van der Waals surface area (Å²) in [6.45, 7) is 2.11. The molecular weight excluding hydrogens is 339 g/mol. The molecule has 1 aliphatic rings. The number of amides is 3. The van der Waals surface area contributed by atoms with Gasteiger partial charge in [-0.2, -0.15) is 0 Å². The third-order valence-electron chi connectivity index (χ3n) is 4.38. The van der Waals surface area contributed by atoms with E-state index in [1.54, 1.807) is 18.2 Å². The molecule has 4 nitrogen and oxygen atoms in total. The van der Waals surface area contributed by atoms with E-state index in [0.717, 1.165) is 5.56 Å². The van der Waals surface area contributed by atoms with Gasteiger partial charge in [0.05, 0.1) is 0 Å². The Morgan fingerprint density at radius 1 is 1.08 bits per heavy atom. The Hall–Kier alpha value is -2.34. The molecule has 6 heteroatoms. The van der Waals surface area contributed by atoms with E-state index < -0.39 is 11.6 Å². The van der Waals surface area contributed by atoms with Gasteiger partial charge in [-0.05, 0) is 24.1 Å². The van der Waals surface area contributed by atoms with Crippen LogP contribution in [0.1, 0.15) is 18.9 Å². The predicted octanol–water partition coefficient (Wildman–Crippen LogP) is 3.78. The van der Waals surface area contributed by atoms with E-state index in [1.165, 1.54) is 22.7 Å². The molecule has 1 heterocycles. The van der Waals surface area contributed by atoms with Gasteiger partial charge in [0.25, 0.3) is 5.91 Å². The number of halogens is 1. The van der Waals surface area contributed by atoms with Crippen molar-refractivity contribution in [2.24, 2.45) is 0 Å². The maximum absolute atomic E-state index is 13.7. The number of hydrogen-bond donors (Lipinski definition) is 1. The fourth-order valence-electron chi connectivity index (χ4n) is 3.00. The second-order valence-corrected chi connectivity index (χ2v) is 6.93. The molecule has 0 aliphatic carbocycles. The number of urea groups is 1. The van der Waals surface area contributed by atoms with Gasteiger partial charge < -0.3 is 5.32 Å². The van der Waals surface area contributed by atoms with Crippen LogP contribution in [0, 0.1) is 5.82 Å². The Morgan fingerprint density at radius 3 is 2.44 bits per heavy atom. The first-order valence-electron chi connectivity index (χ1n) is 8.15.